The van der Waals surface area contributed by atoms with E-state index in [9.17, 15) is 4.79 Å². The van der Waals surface area contributed by atoms with Crippen molar-refractivity contribution in [2.75, 3.05) is 14.2 Å². The summed E-state index contributed by atoms with van der Waals surface area (Å²) >= 11 is 0. The van der Waals surface area contributed by atoms with Crippen molar-refractivity contribution >= 4 is 5.97 Å². The van der Waals surface area contributed by atoms with Gasteiger partial charge in [0, 0.05) is 6.42 Å². The van der Waals surface area contributed by atoms with Crippen molar-refractivity contribution < 1.29 is 19.4 Å². The summed E-state index contributed by atoms with van der Waals surface area (Å²) in [4.78, 5) is 10.7. The maximum Gasteiger partial charge on any atom is 0.303 e. The minimum Gasteiger partial charge on any atom is -0.493 e. The number of methoxy groups -OCH3 is 2. The second kappa shape index (κ2) is 4.65. The molecule has 0 saturated carbocycles. The topological polar surface area (TPSA) is 55.8 Å². The number of carboxylic acid groups (broad SMARTS) is 1. The van der Waals surface area contributed by atoms with E-state index in [4.69, 9.17) is 14.6 Å². The van der Waals surface area contributed by atoms with Gasteiger partial charge in [-0.15, -0.1) is 0 Å². The van der Waals surface area contributed by atoms with Crippen molar-refractivity contribution in [3.8, 4) is 11.5 Å². The van der Waals surface area contributed by atoms with E-state index in [2.05, 4.69) is 0 Å². The Morgan fingerprint density at radius 2 is 1.71 bits per heavy atom. The molecule has 17 heavy (non-hydrogen) atoms. The van der Waals surface area contributed by atoms with Crippen molar-refractivity contribution in [3.05, 3.63) is 23.3 Å². The van der Waals surface area contributed by atoms with E-state index < -0.39 is 5.97 Å². The lowest BCUT2D eigenvalue weighted by Crippen LogP contribution is -2.07. The SMILES string of the molecule is COc1cc2c(cc1OC)CC(CC(=O)O)C2. The molecule has 0 radical (unpaired) electrons. The summed E-state index contributed by atoms with van der Waals surface area (Å²) in [6.07, 6.45) is 1.84. The zero-order valence-corrected chi connectivity index (χ0v) is 10.0. The van der Waals surface area contributed by atoms with E-state index in [0.717, 1.165) is 12.8 Å². The highest BCUT2D eigenvalue weighted by Crippen LogP contribution is 2.37. The third-order valence-corrected chi connectivity index (χ3v) is 3.19. The first-order chi connectivity index (χ1) is 8.13. The fraction of sp³-hybridized carbons (Fsp3) is 0.462. The molecule has 0 aromatic heterocycles. The van der Waals surface area contributed by atoms with Gasteiger partial charge in [0.25, 0.3) is 0 Å². The van der Waals surface area contributed by atoms with Gasteiger partial charge >= 0.3 is 5.97 Å². The minimum atomic E-state index is -0.735. The van der Waals surface area contributed by atoms with Crippen molar-refractivity contribution in [1.82, 2.24) is 0 Å². The zero-order chi connectivity index (χ0) is 12.4. The van der Waals surface area contributed by atoms with E-state index in [-0.39, 0.29) is 12.3 Å². The summed E-state index contributed by atoms with van der Waals surface area (Å²) in [5.41, 5.74) is 2.35. The van der Waals surface area contributed by atoms with E-state index in [1.807, 2.05) is 12.1 Å². The molecular formula is C13H16O4. The summed E-state index contributed by atoms with van der Waals surface area (Å²) in [6.45, 7) is 0. The Labute approximate surface area is 100 Å². The quantitative estimate of drug-likeness (QED) is 0.867. The maximum absolute atomic E-state index is 10.7. The number of aliphatic carboxylic acids is 1. The molecule has 1 aromatic carbocycles. The summed E-state index contributed by atoms with van der Waals surface area (Å²) in [5.74, 6) is 0.880. The predicted molar refractivity (Wildman–Crippen MR) is 62.7 cm³/mol. The fourth-order valence-electron chi connectivity index (χ4n) is 2.43. The Morgan fingerprint density at radius 1 is 1.24 bits per heavy atom. The largest absolute Gasteiger partial charge is 0.493 e. The third-order valence-electron chi connectivity index (χ3n) is 3.19. The second-order valence-electron chi connectivity index (χ2n) is 4.35. The van der Waals surface area contributed by atoms with Crippen LogP contribution in [0.3, 0.4) is 0 Å². The van der Waals surface area contributed by atoms with Gasteiger partial charge in [0.2, 0.25) is 0 Å². The summed E-state index contributed by atoms with van der Waals surface area (Å²) in [7, 11) is 3.21. The van der Waals surface area contributed by atoms with Gasteiger partial charge in [-0.2, -0.15) is 0 Å². The van der Waals surface area contributed by atoms with E-state index >= 15 is 0 Å². The van der Waals surface area contributed by atoms with E-state index in [1.54, 1.807) is 14.2 Å². The predicted octanol–water partition coefficient (Wildman–Crippen LogP) is 1.89. The second-order valence-corrected chi connectivity index (χ2v) is 4.35. The molecule has 1 aliphatic carbocycles. The van der Waals surface area contributed by atoms with Crippen LogP contribution in [0.25, 0.3) is 0 Å². The molecule has 0 atom stereocenters. The molecule has 1 aliphatic rings. The van der Waals surface area contributed by atoms with Crippen LogP contribution in [0.5, 0.6) is 11.5 Å². The van der Waals surface area contributed by atoms with Crippen molar-refractivity contribution in [1.29, 1.82) is 0 Å². The molecule has 0 amide bonds. The summed E-state index contributed by atoms with van der Waals surface area (Å²) in [5, 5.41) is 8.81. The number of carboxylic acids is 1. The van der Waals surface area contributed by atoms with Crippen LogP contribution >= 0.6 is 0 Å². The highest BCUT2D eigenvalue weighted by molar-refractivity contribution is 5.67. The van der Waals surface area contributed by atoms with Gasteiger partial charge in [-0.3, -0.25) is 4.79 Å². The molecule has 0 aliphatic heterocycles. The molecule has 1 aromatic rings. The third kappa shape index (κ3) is 2.35. The highest BCUT2D eigenvalue weighted by atomic mass is 16.5. The summed E-state index contributed by atoms with van der Waals surface area (Å²) < 4.78 is 10.5. The first-order valence-corrected chi connectivity index (χ1v) is 5.59. The highest BCUT2D eigenvalue weighted by Gasteiger charge is 2.25. The molecule has 4 nitrogen and oxygen atoms in total. The molecule has 2 rings (SSSR count). The van der Waals surface area contributed by atoms with E-state index in [0.29, 0.717) is 11.5 Å². The van der Waals surface area contributed by atoms with Crippen LogP contribution < -0.4 is 9.47 Å². The molecule has 0 fully saturated rings. The Kier molecular flexibility index (Phi) is 3.22. The van der Waals surface area contributed by atoms with Crippen LogP contribution in [0.4, 0.5) is 0 Å². The lowest BCUT2D eigenvalue weighted by Gasteiger charge is -2.09. The fourth-order valence-corrected chi connectivity index (χ4v) is 2.43. The minimum absolute atomic E-state index is 0.194. The average Bonchev–Trinajstić information content (AvgIpc) is 2.66. The molecule has 0 saturated heterocycles. The van der Waals surface area contributed by atoms with Crippen LogP contribution in [0.2, 0.25) is 0 Å². The monoisotopic (exact) mass is 236 g/mol. The summed E-state index contributed by atoms with van der Waals surface area (Å²) in [6, 6.07) is 3.91. The van der Waals surface area contributed by atoms with Gasteiger partial charge in [0.1, 0.15) is 0 Å². The van der Waals surface area contributed by atoms with Gasteiger partial charge in [-0.1, -0.05) is 0 Å². The average molecular weight is 236 g/mol. The number of fused-ring (bicyclic) bond motifs is 1. The molecule has 1 N–H and O–H groups in total. The van der Waals surface area contributed by atoms with Gasteiger partial charge in [0.05, 0.1) is 14.2 Å². The van der Waals surface area contributed by atoms with Crippen LogP contribution in [0.1, 0.15) is 17.5 Å². The Morgan fingerprint density at radius 3 is 2.06 bits per heavy atom. The number of hydrogen-bond donors (Lipinski definition) is 1. The number of hydrogen-bond acceptors (Lipinski definition) is 3. The molecule has 0 heterocycles. The van der Waals surface area contributed by atoms with Crippen molar-refractivity contribution in [3.63, 3.8) is 0 Å². The molecule has 4 heteroatoms. The number of benzene rings is 1. The molecular weight excluding hydrogens is 220 g/mol. The van der Waals surface area contributed by atoms with Gasteiger partial charge in [-0.25, -0.2) is 0 Å². The molecule has 92 valence electrons. The van der Waals surface area contributed by atoms with Crippen molar-refractivity contribution in [2.45, 2.75) is 19.3 Å². The standard InChI is InChI=1S/C13H16O4/c1-16-11-6-9-3-8(5-13(14)15)4-10(9)7-12(11)17-2/h6-8H,3-5H2,1-2H3,(H,14,15). The zero-order valence-electron chi connectivity index (χ0n) is 10.0. The first-order valence-electron chi connectivity index (χ1n) is 5.59. The van der Waals surface area contributed by atoms with Crippen LogP contribution in [-0.2, 0) is 17.6 Å². The Balaban J connectivity index is 2.23. The lowest BCUT2D eigenvalue weighted by atomic mass is 10.0. The lowest BCUT2D eigenvalue weighted by molar-refractivity contribution is -0.138. The Hall–Kier alpha value is -1.71. The smallest absolute Gasteiger partial charge is 0.303 e. The first kappa shape index (κ1) is 11.8. The van der Waals surface area contributed by atoms with Crippen LogP contribution in [0.15, 0.2) is 12.1 Å². The Bertz CT molecular complexity index is 406. The number of carbonyl (C=O) groups is 1. The van der Waals surface area contributed by atoms with Gasteiger partial charge < -0.3 is 14.6 Å². The van der Waals surface area contributed by atoms with Gasteiger partial charge in [-0.05, 0) is 42.0 Å². The molecule has 0 bridgehead atoms. The maximum atomic E-state index is 10.7. The normalized spacial score (nSPS) is 14.5. The molecule has 0 spiro atoms. The molecule has 0 unspecified atom stereocenters. The van der Waals surface area contributed by atoms with E-state index in [1.165, 1.54) is 11.1 Å². The van der Waals surface area contributed by atoms with Crippen LogP contribution in [-0.4, -0.2) is 25.3 Å². The number of rotatable bonds is 4. The van der Waals surface area contributed by atoms with Gasteiger partial charge in [0.15, 0.2) is 11.5 Å². The van der Waals surface area contributed by atoms with Crippen molar-refractivity contribution in [2.24, 2.45) is 5.92 Å². The van der Waals surface area contributed by atoms with Crippen LogP contribution in [0, 0.1) is 5.92 Å². The number of ether oxygens (including phenoxy) is 2.